The number of nitrogens with one attached hydrogen (secondary N) is 1. The summed E-state index contributed by atoms with van der Waals surface area (Å²) in [4.78, 5) is 26.0. The molecular formula is C9H13N3O2. The molecule has 5 nitrogen and oxygen atoms in total. The summed E-state index contributed by atoms with van der Waals surface area (Å²) in [7, 11) is 0. The van der Waals surface area contributed by atoms with Gasteiger partial charge in [-0.15, -0.1) is 6.58 Å². The fraction of sp³-hybridized carbons (Fsp3) is 0.556. The average molecular weight is 195 g/mol. The predicted octanol–water partition coefficient (Wildman–Crippen LogP) is -0.592. The predicted molar refractivity (Wildman–Crippen MR) is 50.7 cm³/mol. The van der Waals surface area contributed by atoms with E-state index in [1.807, 2.05) is 6.08 Å². The molecule has 0 spiro atoms. The number of rotatable bonds is 3. The Hall–Kier alpha value is -1.36. The van der Waals surface area contributed by atoms with E-state index >= 15 is 0 Å². The van der Waals surface area contributed by atoms with Crippen molar-refractivity contribution in [3.8, 4) is 0 Å². The van der Waals surface area contributed by atoms with Gasteiger partial charge in [0, 0.05) is 19.6 Å². The molecule has 2 rings (SSSR count). The third-order valence-electron chi connectivity index (χ3n) is 2.57. The van der Waals surface area contributed by atoms with Crippen molar-refractivity contribution in [2.75, 3.05) is 26.2 Å². The Morgan fingerprint density at radius 3 is 2.71 bits per heavy atom. The van der Waals surface area contributed by atoms with E-state index in [1.54, 1.807) is 0 Å². The molecule has 0 aromatic carbocycles. The van der Waals surface area contributed by atoms with Crippen LogP contribution in [0.15, 0.2) is 12.7 Å². The zero-order valence-electron chi connectivity index (χ0n) is 7.90. The number of imide groups is 1. The van der Waals surface area contributed by atoms with E-state index in [1.165, 1.54) is 4.90 Å². The summed E-state index contributed by atoms with van der Waals surface area (Å²) in [6.07, 6.45) is 1.82. The zero-order chi connectivity index (χ0) is 10.1. The van der Waals surface area contributed by atoms with Crippen molar-refractivity contribution in [3.63, 3.8) is 0 Å². The van der Waals surface area contributed by atoms with Gasteiger partial charge < -0.3 is 5.32 Å². The first-order valence-corrected chi connectivity index (χ1v) is 4.65. The minimum atomic E-state index is -0.252. The van der Waals surface area contributed by atoms with Gasteiger partial charge in [0.2, 0.25) is 5.91 Å². The third-order valence-corrected chi connectivity index (χ3v) is 2.57. The molecule has 3 amide bonds. The molecule has 0 radical (unpaired) electrons. The molecule has 0 aromatic heterocycles. The molecular weight excluding hydrogens is 182 g/mol. The molecule has 0 bridgehead atoms. The van der Waals surface area contributed by atoms with Crippen molar-refractivity contribution < 1.29 is 9.59 Å². The maximum Gasteiger partial charge on any atom is 0.324 e. The van der Waals surface area contributed by atoms with E-state index in [2.05, 4.69) is 16.8 Å². The quantitative estimate of drug-likeness (QED) is 0.483. The van der Waals surface area contributed by atoms with Gasteiger partial charge in [0.05, 0.1) is 12.6 Å². The minimum absolute atomic E-state index is 0.0601. The molecule has 0 unspecified atom stereocenters. The van der Waals surface area contributed by atoms with Crippen molar-refractivity contribution in [1.29, 1.82) is 0 Å². The zero-order valence-corrected chi connectivity index (χ0v) is 7.90. The van der Waals surface area contributed by atoms with Gasteiger partial charge >= 0.3 is 6.03 Å². The van der Waals surface area contributed by atoms with Gasteiger partial charge in [-0.2, -0.15) is 0 Å². The lowest BCUT2D eigenvalue weighted by molar-refractivity contribution is -0.128. The van der Waals surface area contributed by atoms with E-state index in [0.717, 1.165) is 19.6 Å². The van der Waals surface area contributed by atoms with Gasteiger partial charge in [-0.3, -0.25) is 14.6 Å². The minimum Gasteiger partial charge on any atom is -0.329 e. The normalized spacial score (nSPS) is 23.6. The Kier molecular flexibility index (Phi) is 2.25. The maximum absolute atomic E-state index is 11.3. The standard InChI is InChI=1S/C9H13N3O2/c1-2-3-11-5-7(6-11)12-8(13)4-10-9(12)14/h2,7H,1,3-6H2,(H,10,14). The van der Waals surface area contributed by atoms with Crippen LogP contribution in [0.4, 0.5) is 4.79 Å². The highest BCUT2D eigenvalue weighted by molar-refractivity contribution is 6.02. The first-order chi connectivity index (χ1) is 6.72. The van der Waals surface area contributed by atoms with E-state index in [0.29, 0.717) is 0 Å². The molecule has 0 atom stereocenters. The summed E-state index contributed by atoms with van der Waals surface area (Å²) in [6, 6.07) is -0.191. The van der Waals surface area contributed by atoms with Crippen LogP contribution in [0, 0.1) is 0 Å². The molecule has 2 aliphatic heterocycles. The molecule has 1 N–H and O–H groups in total. The number of hydrogen-bond acceptors (Lipinski definition) is 3. The van der Waals surface area contributed by atoms with Crippen LogP contribution >= 0.6 is 0 Å². The number of nitrogens with zero attached hydrogens (tertiary/aromatic N) is 2. The van der Waals surface area contributed by atoms with Gasteiger partial charge in [-0.25, -0.2) is 4.79 Å². The Morgan fingerprint density at radius 2 is 2.21 bits per heavy atom. The van der Waals surface area contributed by atoms with Gasteiger partial charge in [-0.1, -0.05) is 6.08 Å². The second kappa shape index (κ2) is 3.42. The van der Waals surface area contributed by atoms with Crippen LogP contribution in [-0.2, 0) is 4.79 Å². The Morgan fingerprint density at radius 1 is 1.50 bits per heavy atom. The first-order valence-electron chi connectivity index (χ1n) is 4.65. The van der Waals surface area contributed by atoms with Crippen LogP contribution in [-0.4, -0.2) is 54.0 Å². The van der Waals surface area contributed by atoms with Crippen LogP contribution in [0.2, 0.25) is 0 Å². The molecule has 0 aliphatic carbocycles. The van der Waals surface area contributed by atoms with E-state index in [9.17, 15) is 9.59 Å². The summed E-state index contributed by atoms with van der Waals surface area (Å²) < 4.78 is 0. The summed E-state index contributed by atoms with van der Waals surface area (Å²) in [5.74, 6) is -0.113. The van der Waals surface area contributed by atoms with Gasteiger partial charge in [0.1, 0.15) is 0 Å². The molecule has 2 heterocycles. The lowest BCUT2D eigenvalue weighted by Gasteiger charge is -2.41. The fourth-order valence-electron chi connectivity index (χ4n) is 1.84. The number of carbonyl (C=O) groups excluding carboxylic acids is 2. The van der Waals surface area contributed by atoms with Gasteiger partial charge in [0.25, 0.3) is 0 Å². The molecule has 76 valence electrons. The van der Waals surface area contributed by atoms with Crippen LogP contribution in [0.1, 0.15) is 0 Å². The molecule has 0 aromatic rings. The van der Waals surface area contributed by atoms with E-state index < -0.39 is 0 Å². The molecule has 5 heteroatoms. The third kappa shape index (κ3) is 1.39. The Labute approximate surface area is 82.4 Å². The largest absolute Gasteiger partial charge is 0.329 e. The van der Waals surface area contributed by atoms with Crippen LogP contribution in [0.5, 0.6) is 0 Å². The summed E-state index contributed by atoms with van der Waals surface area (Å²) >= 11 is 0. The summed E-state index contributed by atoms with van der Waals surface area (Å²) in [5.41, 5.74) is 0. The van der Waals surface area contributed by atoms with Crippen molar-refractivity contribution in [3.05, 3.63) is 12.7 Å². The van der Waals surface area contributed by atoms with Crippen molar-refractivity contribution in [2.24, 2.45) is 0 Å². The van der Waals surface area contributed by atoms with E-state index in [4.69, 9.17) is 0 Å². The van der Waals surface area contributed by atoms with Crippen LogP contribution in [0.3, 0.4) is 0 Å². The van der Waals surface area contributed by atoms with Crippen molar-refractivity contribution in [2.45, 2.75) is 6.04 Å². The summed E-state index contributed by atoms with van der Waals surface area (Å²) in [6.45, 7) is 6.14. The molecule has 2 saturated heterocycles. The SMILES string of the molecule is C=CCN1CC(N2C(=O)CNC2=O)C1. The number of likely N-dealkylation sites (tertiary alicyclic amines) is 1. The van der Waals surface area contributed by atoms with Crippen LogP contribution < -0.4 is 5.32 Å². The molecule has 2 aliphatic rings. The van der Waals surface area contributed by atoms with Crippen molar-refractivity contribution >= 4 is 11.9 Å². The second-order valence-electron chi connectivity index (χ2n) is 3.58. The lowest BCUT2D eigenvalue weighted by Crippen LogP contribution is -2.60. The number of urea groups is 1. The highest BCUT2D eigenvalue weighted by Crippen LogP contribution is 2.16. The maximum atomic E-state index is 11.3. The van der Waals surface area contributed by atoms with Gasteiger partial charge in [0.15, 0.2) is 0 Å². The van der Waals surface area contributed by atoms with Gasteiger partial charge in [-0.05, 0) is 0 Å². The monoisotopic (exact) mass is 195 g/mol. The number of carbonyl (C=O) groups is 2. The Bertz CT molecular complexity index is 268. The molecule has 14 heavy (non-hydrogen) atoms. The highest BCUT2D eigenvalue weighted by atomic mass is 16.2. The summed E-state index contributed by atoms with van der Waals surface area (Å²) in [5, 5.41) is 2.51. The van der Waals surface area contributed by atoms with Crippen molar-refractivity contribution in [1.82, 2.24) is 15.1 Å². The first kappa shape index (κ1) is 9.21. The average Bonchev–Trinajstić information content (AvgIpc) is 2.40. The molecule has 0 saturated carbocycles. The smallest absolute Gasteiger partial charge is 0.324 e. The number of amides is 3. The lowest BCUT2D eigenvalue weighted by atomic mass is 10.1. The fourth-order valence-corrected chi connectivity index (χ4v) is 1.84. The Balaban J connectivity index is 1.89. The van der Waals surface area contributed by atoms with E-state index in [-0.39, 0.29) is 24.5 Å². The molecule has 2 fully saturated rings. The topological polar surface area (TPSA) is 52.6 Å². The highest BCUT2D eigenvalue weighted by Gasteiger charge is 2.40. The number of hydrogen-bond donors (Lipinski definition) is 1. The second-order valence-corrected chi connectivity index (χ2v) is 3.58. The van der Waals surface area contributed by atoms with Crippen LogP contribution in [0.25, 0.3) is 0 Å².